The van der Waals surface area contributed by atoms with Crippen molar-refractivity contribution in [2.24, 2.45) is 7.05 Å². The third kappa shape index (κ3) is 7.46. The van der Waals surface area contributed by atoms with Gasteiger partial charge in [-0.25, -0.2) is 18.2 Å². The van der Waals surface area contributed by atoms with Crippen LogP contribution in [0.2, 0.25) is 15.1 Å². The van der Waals surface area contributed by atoms with E-state index in [2.05, 4.69) is 10.3 Å². The fraction of sp³-hybridized carbons (Fsp3) is 0.276. The summed E-state index contributed by atoms with van der Waals surface area (Å²) in [6.45, 7) is -1.18. The minimum atomic E-state index is -5.22. The second-order valence-corrected chi connectivity index (χ2v) is 11.3. The number of aliphatic hydroxyl groups is 1. The molecule has 0 aliphatic heterocycles. The zero-order valence-electron chi connectivity index (χ0n) is 23.7. The predicted molar refractivity (Wildman–Crippen MR) is 159 cm³/mol. The summed E-state index contributed by atoms with van der Waals surface area (Å²) in [6, 6.07) is 8.89. The average molecular weight is 712 g/mol. The molecule has 0 fully saturated rings. The SMILES string of the molecule is Cn1c(Cc2c(Cl)ccc(CNC(=O)C(C)(O)C(F)(F)F)c2Cl)nc2cc(C(=O)Nc3ccc(F)c(Cl)c3)c(OCC(F)F)cc21. The van der Waals surface area contributed by atoms with Crippen LogP contribution in [0.5, 0.6) is 5.75 Å². The molecule has 1 heterocycles. The fourth-order valence-electron chi connectivity index (χ4n) is 4.23. The number of anilines is 1. The van der Waals surface area contributed by atoms with Crippen molar-refractivity contribution in [1.29, 1.82) is 0 Å². The maximum Gasteiger partial charge on any atom is 0.426 e. The highest BCUT2D eigenvalue weighted by molar-refractivity contribution is 6.36. The molecule has 1 aromatic heterocycles. The van der Waals surface area contributed by atoms with Crippen molar-refractivity contribution >= 4 is 63.3 Å². The van der Waals surface area contributed by atoms with Crippen LogP contribution in [0.4, 0.5) is 32.0 Å². The molecule has 3 N–H and O–H groups in total. The van der Waals surface area contributed by atoms with E-state index in [0.29, 0.717) is 18.3 Å². The molecule has 1 unspecified atom stereocenters. The van der Waals surface area contributed by atoms with Gasteiger partial charge < -0.3 is 25.0 Å². The Labute approximate surface area is 272 Å². The zero-order chi connectivity index (χ0) is 34.1. The van der Waals surface area contributed by atoms with Gasteiger partial charge in [0.15, 0.2) is 0 Å². The molecule has 8 nitrogen and oxygen atoms in total. The normalized spacial score (nSPS) is 13.2. The van der Waals surface area contributed by atoms with Gasteiger partial charge in [0.25, 0.3) is 18.2 Å². The predicted octanol–water partition coefficient (Wildman–Crippen LogP) is 7.09. The van der Waals surface area contributed by atoms with E-state index in [-0.39, 0.29) is 55.1 Å². The highest BCUT2D eigenvalue weighted by Crippen LogP contribution is 2.34. The van der Waals surface area contributed by atoms with Gasteiger partial charge in [-0.3, -0.25) is 9.59 Å². The maximum absolute atomic E-state index is 13.6. The lowest BCUT2D eigenvalue weighted by Gasteiger charge is -2.25. The van der Waals surface area contributed by atoms with Gasteiger partial charge in [-0.2, -0.15) is 13.2 Å². The Morgan fingerprint density at radius 1 is 1.07 bits per heavy atom. The second kappa shape index (κ2) is 13.6. The van der Waals surface area contributed by atoms with Crippen LogP contribution in [-0.4, -0.2) is 51.3 Å². The molecule has 0 bridgehead atoms. The first-order valence-corrected chi connectivity index (χ1v) is 14.2. The molecule has 1 atom stereocenters. The van der Waals surface area contributed by atoms with Gasteiger partial charge in [0.1, 0.15) is 24.0 Å². The van der Waals surface area contributed by atoms with Crippen LogP contribution >= 0.6 is 34.8 Å². The number of aromatic nitrogens is 2. The lowest BCUT2D eigenvalue weighted by atomic mass is 10.0. The van der Waals surface area contributed by atoms with Crippen molar-refractivity contribution < 1.29 is 45.8 Å². The standard InChI is InChI=1S/C29H23Cl3F6N4O4/c1-28(45,29(36,37)38)27(44)39-11-13-3-5-17(30)15(25(13)32)9-24-41-20-8-16(22(46-12-23(34)35)10-21(20)42(24)2)26(43)40-14-4-6-19(33)18(31)7-14/h3-8,10,23,45H,9,11-12H2,1-2H3,(H,39,44)(H,40,43). The highest BCUT2D eigenvalue weighted by Gasteiger charge is 2.55. The van der Waals surface area contributed by atoms with E-state index >= 15 is 0 Å². The number of nitrogens with zero attached hydrogens (tertiary/aromatic N) is 2. The smallest absolute Gasteiger partial charge is 0.426 e. The van der Waals surface area contributed by atoms with Crippen molar-refractivity contribution in [2.45, 2.75) is 38.1 Å². The van der Waals surface area contributed by atoms with Gasteiger partial charge >= 0.3 is 6.18 Å². The Kier molecular flexibility index (Phi) is 10.4. The fourth-order valence-corrected chi connectivity index (χ4v) is 4.98. The Morgan fingerprint density at radius 2 is 1.76 bits per heavy atom. The van der Waals surface area contributed by atoms with E-state index in [1.165, 1.54) is 30.3 Å². The van der Waals surface area contributed by atoms with Gasteiger partial charge in [0, 0.05) is 36.8 Å². The van der Waals surface area contributed by atoms with Crippen LogP contribution in [0, 0.1) is 5.82 Å². The number of imidazole rings is 1. The minimum Gasteiger partial charge on any atom is -0.487 e. The summed E-state index contributed by atoms with van der Waals surface area (Å²) in [6.07, 6.45) is -8.12. The van der Waals surface area contributed by atoms with E-state index in [1.807, 2.05) is 5.32 Å². The summed E-state index contributed by atoms with van der Waals surface area (Å²) in [5.74, 6) is -3.06. The van der Waals surface area contributed by atoms with E-state index in [9.17, 15) is 41.0 Å². The van der Waals surface area contributed by atoms with Crippen molar-refractivity contribution in [3.05, 3.63) is 85.9 Å². The van der Waals surface area contributed by atoms with Gasteiger partial charge in [0.05, 0.1) is 26.6 Å². The number of amides is 2. The topological polar surface area (TPSA) is 105 Å². The van der Waals surface area contributed by atoms with Crippen molar-refractivity contribution in [3.63, 3.8) is 0 Å². The van der Waals surface area contributed by atoms with E-state index in [4.69, 9.17) is 39.5 Å². The first-order valence-electron chi connectivity index (χ1n) is 13.1. The van der Waals surface area contributed by atoms with E-state index in [0.717, 1.165) is 12.1 Å². The van der Waals surface area contributed by atoms with Gasteiger partial charge in [-0.1, -0.05) is 40.9 Å². The Bertz CT molecular complexity index is 1810. The molecule has 17 heteroatoms. The molecule has 4 rings (SSSR count). The molecule has 0 aliphatic carbocycles. The third-order valence-corrected chi connectivity index (χ3v) is 8.01. The summed E-state index contributed by atoms with van der Waals surface area (Å²) >= 11 is 18.7. The van der Waals surface area contributed by atoms with Crippen LogP contribution < -0.4 is 15.4 Å². The number of fused-ring (bicyclic) bond motifs is 1. The molecular formula is C29H23Cl3F6N4O4. The van der Waals surface area contributed by atoms with Gasteiger partial charge in [0.2, 0.25) is 5.60 Å². The number of hydrogen-bond donors (Lipinski definition) is 3. The molecule has 2 amide bonds. The van der Waals surface area contributed by atoms with Crippen molar-refractivity contribution in [3.8, 4) is 5.75 Å². The number of halogens is 9. The number of ether oxygens (including phenoxy) is 1. The van der Waals surface area contributed by atoms with Crippen LogP contribution in [-0.2, 0) is 24.8 Å². The maximum atomic E-state index is 13.6. The molecule has 4 aromatic rings. The summed E-state index contributed by atoms with van der Waals surface area (Å²) in [4.78, 5) is 29.7. The molecule has 46 heavy (non-hydrogen) atoms. The molecular weight excluding hydrogens is 689 g/mol. The lowest BCUT2D eigenvalue weighted by Crippen LogP contribution is -2.54. The van der Waals surface area contributed by atoms with Crippen LogP contribution in [0.25, 0.3) is 11.0 Å². The number of nitrogens with one attached hydrogen (secondary N) is 2. The van der Waals surface area contributed by atoms with Crippen LogP contribution in [0.15, 0.2) is 42.5 Å². The molecule has 0 saturated heterocycles. The zero-order valence-corrected chi connectivity index (χ0v) is 26.0. The summed E-state index contributed by atoms with van der Waals surface area (Å²) in [7, 11) is 1.59. The first-order chi connectivity index (χ1) is 21.4. The van der Waals surface area contributed by atoms with Gasteiger partial charge in [-0.15, -0.1) is 0 Å². The number of benzene rings is 3. The number of carbonyl (C=O) groups excluding carboxylic acids is 2. The number of carbonyl (C=O) groups is 2. The first kappa shape index (κ1) is 35.1. The van der Waals surface area contributed by atoms with E-state index in [1.54, 1.807) is 11.6 Å². The summed E-state index contributed by atoms with van der Waals surface area (Å²) in [5.41, 5.74) is -2.59. The Hall–Kier alpha value is -3.72. The molecule has 0 aliphatic rings. The van der Waals surface area contributed by atoms with Crippen LogP contribution in [0.1, 0.15) is 34.2 Å². The highest BCUT2D eigenvalue weighted by atomic mass is 35.5. The number of alkyl halides is 5. The van der Waals surface area contributed by atoms with Crippen molar-refractivity contribution in [1.82, 2.24) is 14.9 Å². The molecule has 246 valence electrons. The average Bonchev–Trinajstić information content (AvgIpc) is 3.28. The minimum absolute atomic E-state index is 0.00508. The summed E-state index contributed by atoms with van der Waals surface area (Å²) in [5, 5.41) is 14.0. The number of aryl methyl sites for hydroxylation is 1. The van der Waals surface area contributed by atoms with E-state index < -0.39 is 49.0 Å². The Morgan fingerprint density at radius 3 is 2.39 bits per heavy atom. The van der Waals surface area contributed by atoms with Crippen molar-refractivity contribution in [2.75, 3.05) is 11.9 Å². The third-order valence-electron chi connectivity index (χ3n) is 6.90. The number of rotatable bonds is 10. The monoisotopic (exact) mass is 710 g/mol. The lowest BCUT2D eigenvalue weighted by molar-refractivity contribution is -0.245. The Balaban J connectivity index is 1.66. The van der Waals surface area contributed by atoms with Gasteiger partial charge in [-0.05, 0) is 48.4 Å². The quantitative estimate of drug-likeness (QED) is 0.153. The second-order valence-electron chi connectivity index (χ2n) is 10.1. The molecule has 3 aromatic carbocycles. The molecule has 0 saturated carbocycles. The van der Waals surface area contributed by atoms with Crippen LogP contribution in [0.3, 0.4) is 0 Å². The number of hydrogen-bond acceptors (Lipinski definition) is 5. The summed E-state index contributed by atoms with van der Waals surface area (Å²) < 4.78 is 85.5. The largest absolute Gasteiger partial charge is 0.487 e. The molecule has 0 radical (unpaired) electrons. The molecule has 0 spiro atoms.